The number of carbonyl (C=O) groups excluding carboxylic acids is 1. The second-order valence-corrected chi connectivity index (χ2v) is 10.1. The first-order chi connectivity index (χ1) is 19.7. The monoisotopic (exact) mass is 529 g/mol. The molecule has 200 valence electrons. The van der Waals surface area contributed by atoms with Crippen molar-refractivity contribution in [1.29, 1.82) is 0 Å². The third-order valence-electron chi connectivity index (χ3n) is 7.28. The van der Waals surface area contributed by atoms with Gasteiger partial charge in [0.05, 0.1) is 11.3 Å². The summed E-state index contributed by atoms with van der Waals surface area (Å²) in [5, 5.41) is 8.79. The number of Topliss-reactive ketones (excluding diaryl/α,β-unsaturated/α-hetero) is 1. The van der Waals surface area contributed by atoms with E-state index in [2.05, 4.69) is 26.7 Å². The van der Waals surface area contributed by atoms with Crippen LogP contribution in [-0.4, -0.2) is 39.9 Å². The fourth-order valence-corrected chi connectivity index (χ4v) is 5.19. The predicted molar refractivity (Wildman–Crippen MR) is 158 cm³/mol. The molecule has 0 bridgehead atoms. The first-order valence-electron chi connectivity index (χ1n) is 13.7. The van der Waals surface area contributed by atoms with Crippen molar-refractivity contribution in [3.8, 4) is 22.9 Å². The molecule has 1 saturated heterocycles. The van der Waals surface area contributed by atoms with Crippen LogP contribution in [0.3, 0.4) is 0 Å². The summed E-state index contributed by atoms with van der Waals surface area (Å²) in [7, 11) is 0. The van der Waals surface area contributed by atoms with Gasteiger partial charge in [-0.15, -0.1) is 0 Å². The van der Waals surface area contributed by atoms with Gasteiger partial charge in [0.1, 0.15) is 5.75 Å². The third-order valence-corrected chi connectivity index (χ3v) is 7.28. The van der Waals surface area contributed by atoms with Crippen LogP contribution in [0.25, 0.3) is 22.0 Å². The highest BCUT2D eigenvalue weighted by molar-refractivity contribution is 6.01. The Morgan fingerprint density at radius 2 is 1.85 bits per heavy atom. The second-order valence-electron chi connectivity index (χ2n) is 10.1. The number of hydrogen-bond donors (Lipinski definition) is 2. The Morgan fingerprint density at radius 1 is 0.950 bits per heavy atom. The maximum absolute atomic E-state index is 13.0. The molecule has 5 aromatic rings. The number of carbonyl (C=O) groups is 1. The number of benzene rings is 3. The van der Waals surface area contributed by atoms with Crippen LogP contribution in [0.5, 0.6) is 11.6 Å². The quantitative estimate of drug-likeness (QED) is 0.225. The van der Waals surface area contributed by atoms with Gasteiger partial charge in [-0.2, -0.15) is 0 Å². The molecule has 6 rings (SSSR count). The maximum atomic E-state index is 13.0. The van der Waals surface area contributed by atoms with E-state index in [1.165, 1.54) is 0 Å². The van der Waals surface area contributed by atoms with E-state index in [9.17, 15) is 4.79 Å². The molecule has 1 aliphatic rings. The van der Waals surface area contributed by atoms with E-state index in [1.807, 2.05) is 79.7 Å². The van der Waals surface area contributed by atoms with Crippen LogP contribution < -0.4 is 15.4 Å². The molecular formula is C33H31N5O2. The van der Waals surface area contributed by atoms with Crippen molar-refractivity contribution < 1.29 is 9.53 Å². The van der Waals surface area contributed by atoms with E-state index in [0.717, 1.165) is 59.1 Å². The summed E-state index contributed by atoms with van der Waals surface area (Å²) in [4.78, 5) is 26.8. The zero-order valence-corrected chi connectivity index (χ0v) is 22.4. The highest BCUT2D eigenvalue weighted by atomic mass is 16.5. The first-order valence-corrected chi connectivity index (χ1v) is 13.7. The molecule has 3 heterocycles. The van der Waals surface area contributed by atoms with Gasteiger partial charge in [-0.3, -0.25) is 4.79 Å². The van der Waals surface area contributed by atoms with Gasteiger partial charge >= 0.3 is 0 Å². The van der Waals surface area contributed by atoms with E-state index in [4.69, 9.17) is 9.72 Å². The van der Waals surface area contributed by atoms with Crippen molar-refractivity contribution in [2.24, 2.45) is 0 Å². The molecule has 2 aromatic heterocycles. The third kappa shape index (κ3) is 5.55. The van der Waals surface area contributed by atoms with Crippen LogP contribution in [0.4, 0.5) is 5.95 Å². The number of piperidine rings is 1. The number of fused-ring (bicyclic) bond motifs is 1. The average molecular weight is 530 g/mol. The highest BCUT2D eigenvalue weighted by Gasteiger charge is 2.18. The average Bonchev–Trinajstić information content (AvgIpc) is 3.00. The molecule has 1 atom stereocenters. The van der Waals surface area contributed by atoms with Crippen LogP contribution in [0.1, 0.15) is 34.3 Å². The zero-order valence-electron chi connectivity index (χ0n) is 22.4. The number of nitrogens with zero attached hydrogens (tertiary/aromatic N) is 3. The molecule has 3 aromatic carbocycles. The van der Waals surface area contributed by atoms with Gasteiger partial charge in [0.15, 0.2) is 5.78 Å². The summed E-state index contributed by atoms with van der Waals surface area (Å²) in [6, 6.07) is 25.5. The number of ketones is 1. The molecule has 0 amide bonds. The van der Waals surface area contributed by atoms with Crippen molar-refractivity contribution in [2.45, 2.75) is 32.2 Å². The van der Waals surface area contributed by atoms with E-state index in [-0.39, 0.29) is 5.78 Å². The van der Waals surface area contributed by atoms with E-state index >= 15 is 0 Å². The first kappa shape index (κ1) is 25.6. The molecule has 0 spiro atoms. The Labute approximate surface area is 233 Å². The number of anilines is 1. The number of pyridine rings is 1. The molecule has 7 nitrogen and oxygen atoms in total. The Balaban J connectivity index is 1.32. The standard InChI is InChI=1S/C33H31N5O2/c1-22-14-15-26-24(20-30(39)23-8-3-2-4-9-23)10-5-12-27(26)31(22)40-32-28(13-7-18-35-32)29-16-19-36-33(38-29)37-25-11-6-17-34-21-25/h2-5,7-10,12-16,18-19,25,34H,6,11,17,20-21H2,1H3,(H,36,37,38)/t25-/m0/s1. The Hall–Kier alpha value is -4.62. The lowest BCUT2D eigenvalue weighted by molar-refractivity contribution is 0.0993. The van der Waals surface area contributed by atoms with Crippen LogP contribution in [-0.2, 0) is 6.42 Å². The lowest BCUT2D eigenvalue weighted by atomic mass is 9.96. The number of aromatic nitrogens is 3. The predicted octanol–water partition coefficient (Wildman–Crippen LogP) is 6.38. The minimum atomic E-state index is 0.0836. The van der Waals surface area contributed by atoms with Crippen molar-refractivity contribution in [2.75, 3.05) is 18.4 Å². The largest absolute Gasteiger partial charge is 0.437 e. The molecule has 0 saturated carbocycles. The van der Waals surface area contributed by atoms with Gasteiger partial charge in [0, 0.05) is 42.4 Å². The minimum Gasteiger partial charge on any atom is -0.437 e. The van der Waals surface area contributed by atoms with E-state index in [0.29, 0.717) is 35.6 Å². The summed E-state index contributed by atoms with van der Waals surface area (Å²) in [5.74, 6) is 1.86. The molecule has 2 N–H and O–H groups in total. The SMILES string of the molecule is Cc1ccc2c(CC(=O)c3ccccc3)cccc2c1Oc1ncccc1-c1ccnc(N[C@H]2CCCNC2)n1. The number of ether oxygens (including phenoxy) is 1. The van der Waals surface area contributed by atoms with Gasteiger partial charge in [-0.1, -0.05) is 60.7 Å². The van der Waals surface area contributed by atoms with Crippen molar-refractivity contribution in [3.05, 3.63) is 108 Å². The number of nitrogens with one attached hydrogen (secondary N) is 2. The molecular weight excluding hydrogens is 498 g/mol. The molecule has 7 heteroatoms. The molecule has 0 radical (unpaired) electrons. The zero-order chi connectivity index (χ0) is 27.3. The number of rotatable bonds is 8. The number of hydrogen-bond acceptors (Lipinski definition) is 7. The summed E-state index contributed by atoms with van der Waals surface area (Å²) >= 11 is 0. The lowest BCUT2D eigenvalue weighted by Crippen LogP contribution is -2.38. The molecule has 0 aliphatic carbocycles. The van der Waals surface area contributed by atoms with Crippen LogP contribution >= 0.6 is 0 Å². The van der Waals surface area contributed by atoms with Gasteiger partial charge in [0.25, 0.3) is 0 Å². The fraction of sp³-hybridized carbons (Fsp3) is 0.212. The van der Waals surface area contributed by atoms with Crippen LogP contribution in [0.15, 0.2) is 91.3 Å². The molecule has 0 unspecified atom stereocenters. The van der Waals surface area contributed by atoms with Gasteiger partial charge in [0.2, 0.25) is 11.8 Å². The number of aryl methyl sites for hydroxylation is 1. The van der Waals surface area contributed by atoms with Gasteiger partial charge in [-0.25, -0.2) is 15.0 Å². The summed E-state index contributed by atoms with van der Waals surface area (Å²) in [6.45, 7) is 3.96. The molecule has 1 aliphatic heterocycles. The molecule has 1 fully saturated rings. The van der Waals surface area contributed by atoms with E-state index in [1.54, 1.807) is 12.4 Å². The fourth-order valence-electron chi connectivity index (χ4n) is 5.19. The van der Waals surface area contributed by atoms with Gasteiger partial charge < -0.3 is 15.4 Å². The normalized spacial score (nSPS) is 15.1. The lowest BCUT2D eigenvalue weighted by Gasteiger charge is -2.23. The summed E-state index contributed by atoms with van der Waals surface area (Å²) in [5.41, 5.74) is 4.16. The minimum absolute atomic E-state index is 0.0836. The van der Waals surface area contributed by atoms with Crippen LogP contribution in [0.2, 0.25) is 0 Å². The van der Waals surface area contributed by atoms with Crippen molar-refractivity contribution >= 4 is 22.5 Å². The van der Waals surface area contributed by atoms with Gasteiger partial charge in [-0.05, 0) is 61.0 Å². The van der Waals surface area contributed by atoms with Crippen LogP contribution in [0, 0.1) is 6.92 Å². The van der Waals surface area contributed by atoms with E-state index < -0.39 is 0 Å². The maximum Gasteiger partial charge on any atom is 0.228 e. The Bertz CT molecular complexity index is 1650. The summed E-state index contributed by atoms with van der Waals surface area (Å²) in [6.07, 6.45) is 6.01. The van der Waals surface area contributed by atoms with Crippen molar-refractivity contribution in [1.82, 2.24) is 20.3 Å². The molecule has 40 heavy (non-hydrogen) atoms. The summed E-state index contributed by atoms with van der Waals surface area (Å²) < 4.78 is 6.56. The smallest absolute Gasteiger partial charge is 0.228 e. The Morgan fingerprint density at radius 3 is 2.70 bits per heavy atom. The highest BCUT2D eigenvalue weighted by Crippen LogP contribution is 2.37. The Kier molecular flexibility index (Phi) is 7.46. The topological polar surface area (TPSA) is 89.0 Å². The van der Waals surface area contributed by atoms with Crippen molar-refractivity contribution in [3.63, 3.8) is 0 Å². The second kappa shape index (κ2) is 11.6.